The fourth-order valence-corrected chi connectivity index (χ4v) is 19.1. The van der Waals surface area contributed by atoms with Crippen LogP contribution in [0.25, 0.3) is 42.2 Å². The Balaban J connectivity index is 0.571. The minimum Gasteiger partial charge on any atom is -0.367 e. The number of hydrogen-bond acceptors (Lipinski definition) is 15. The number of carbonyl (C=O) groups is 3. The summed E-state index contributed by atoms with van der Waals surface area (Å²) in [6.45, 7) is 12.4. The van der Waals surface area contributed by atoms with Gasteiger partial charge < -0.3 is 35.7 Å². The van der Waals surface area contributed by atoms with Gasteiger partial charge in [0.2, 0.25) is 18.2 Å². The number of nitriles is 2. The minimum atomic E-state index is -4.40. The molecule has 5 N–H and O–H groups in total. The first kappa shape index (κ1) is 65.4. The van der Waals surface area contributed by atoms with Gasteiger partial charge in [-0.25, -0.2) is 19.9 Å². The van der Waals surface area contributed by atoms with E-state index < -0.39 is 25.2 Å². The zero-order valence-electron chi connectivity index (χ0n) is 54.0. The Morgan fingerprint density at radius 3 is 1.73 bits per heavy atom. The van der Waals surface area contributed by atoms with Crippen LogP contribution in [0.15, 0.2) is 54.9 Å². The fraction of sp³-hybridized carbons (Fsp3) is 0.529. The molecule has 0 unspecified atom stereocenters. The molecule has 18 nitrogen and oxygen atoms in total. The molecule has 6 aliphatic carbocycles. The predicted octanol–water partition coefficient (Wildman–Crippen LogP) is 12.2. The van der Waals surface area contributed by atoms with Crippen LogP contribution in [0.5, 0.6) is 0 Å². The number of anilines is 2. The highest BCUT2D eigenvalue weighted by Crippen LogP contribution is 2.72. The van der Waals surface area contributed by atoms with E-state index >= 15 is 0 Å². The Labute approximate surface area is 559 Å². The Kier molecular flexibility index (Phi) is 17.2. The zero-order chi connectivity index (χ0) is 67.1. The molecule has 8 aliphatic rings. The Bertz CT molecular complexity index is 4410. The lowest BCUT2D eigenvalue weighted by atomic mass is 9.33. The van der Waals surface area contributed by atoms with Crippen molar-refractivity contribution in [2.45, 2.75) is 185 Å². The number of rotatable bonds is 22. The van der Waals surface area contributed by atoms with Crippen LogP contribution < -0.4 is 26.6 Å². The van der Waals surface area contributed by atoms with Gasteiger partial charge in [-0.1, -0.05) is 19.1 Å². The van der Waals surface area contributed by atoms with Crippen LogP contribution in [0.4, 0.5) is 38.0 Å². The first-order valence-corrected chi connectivity index (χ1v) is 35.0. The molecule has 26 heteroatoms. The lowest BCUT2D eigenvalue weighted by molar-refractivity contribution is -0.228. The van der Waals surface area contributed by atoms with Crippen LogP contribution in [0.2, 0.25) is 0 Å². The number of nitrogens with zero attached hydrogens (tertiary/aromatic N) is 10. The Morgan fingerprint density at radius 2 is 1.20 bits per heavy atom. The van der Waals surface area contributed by atoms with E-state index in [4.69, 9.17) is 9.97 Å². The molecule has 2 aromatic carbocycles. The maximum absolute atomic E-state index is 14.0. The number of likely N-dealkylation sites (tertiary alicyclic amines) is 2. The lowest BCUT2D eigenvalue weighted by Crippen LogP contribution is -2.82. The van der Waals surface area contributed by atoms with Crippen LogP contribution in [0.3, 0.4) is 0 Å². The summed E-state index contributed by atoms with van der Waals surface area (Å²) in [5, 5.41) is 40.2. The van der Waals surface area contributed by atoms with Crippen molar-refractivity contribution in [1.29, 1.82) is 10.5 Å². The number of fused-ring (bicyclic) bond motifs is 7. The molecule has 16 rings (SSSR count). The van der Waals surface area contributed by atoms with Gasteiger partial charge in [0.1, 0.15) is 57.0 Å². The van der Waals surface area contributed by atoms with Crippen molar-refractivity contribution in [3.63, 3.8) is 0 Å². The van der Waals surface area contributed by atoms with Crippen molar-refractivity contribution in [2.24, 2.45) is 16.7 Å². The summed E-state index contributed by atoms with van der Waals surface area (Å²) in [5.74, 6) is 1.36. The summed E-state index contributed by atoms with van der Waals surface area (Å²) in [7, 11) is 0. The third-order valence-electron chi connectivity index (χ3n) is 22.6. The van der Waals surface area contributed by atoms with Gasteiger partial charge in [0.25, 0.3) is 0 Å². The van der Waals surface area contributed by atoms with Crippen molar-refractivity contribution in [1.82, 2.24) is 54.8 Å². The second-order valence-electron chi connectivity index (χ2n) is 28.5. The first-order chi connectivity index (χ1) is 45.9. The molecule has 1 atom stereocenters. The fourth-order valence-electron chi connectivity index (χ4n) is 17.0. The number of alkyl halides is 6. The van der Waals surface area contributed by atoms with Crippen LogP contribution in [0.1, 0.15) is 140 Å². The molecule has 96 heavy (non-hydrogen) atoms. The molecular formula is C70H77F6N15O3S2. The SMILES string of the molecule is Cc1c(CN2CCC(Nc3ncnc4sc(CC(F)(F)F)cc34)CC2)ccc2c1cc(C#N)n2CC12CCC(NC(=O)CCc3nc(NC4CCN(Cc5ccc6c(cc(C#N)n6CC67CC(NC(=O)CNC=O)(C6)[C@H]7C)c5C)CC4)c4cc(CC(F)(F)F)sc4n3)(CC1)CC2. The van der Waals surface area contributed by atoms with Gasteiger partial charge >= 0.3 is 12.4 Å². The zero-order valence-corrected chi connectivity index (χ0v) is 55.6. The van der Waals surface area contributed by atoms with Crippen LogP contribution in [-0.2, 0) is 59.8 Å². The number of aryl methyl sites for hydroxylation is 3. The van der Waals surface area contributed by atoms with E-state index in [1.54, 1.807) is 12.1 Å². The number of benzene rings is 2. The summed E-state index contributed by atoms with van der Waals surface area (Å²) in [6.07, 6.45) is 1.45. The quantitative estimate of drug-likeness (QED) is 0.0315. The predicted molar refractivity (Wildman–Crippen MR) is 356 cm³/mol. The molecular weight excluding hydrogens is 1280 g/mol. The Morgan fingerprint density at radius 1 is 0.667 bits per heavy atom. The van der Waals surface area contributed by atoms with Crippen molar-refractivity contribution in [3.05, 3.63) is 104 Å². The molecule has 2 saturated heterocycles. The van der Waals surface area contributed by atoms with Crippen LogP contribution in [-0.4, -0.2) is 125 Å². The molecule has 8 heterocycles. The number of piperidine rings is 2. The van der Waals surface area contributed by atoms with E-state index in [9.17, 15) is 51.2 Å². The average molecular weight is 1350 g/mol. The van der Waals surface area contributed by atoms with E-state index in [2.05, 4.69) is 113 Å². The van der Waals surface area contributed by atoms with Gasteiger partial charge in [0.15, 0.2) is 0 Å². The topological polar surface area (TPSA) is 227 Å². The van der Waals surface area contributed by atoms with Crippen molar-refractivity contribution >= 4 is 94.8 Å². The second-order valence-corrected chi connectivity index (χ2v) is 30.8. The molecule has 8 aromatic rings. The number of amides is 3. The monoisotopic (exact) mass is 1350 g/mol. The molecule has 8 fully saturated rings. The Hall–Kier alpha value is -7.91. The van der Waals surface area contributed by atoms with E-state index in [-0.39, 0.29) is 80.9 Å². The summed E-state index contributed by atoms with van der Waals surface area (Å²) < 4.78 is 85.2. The van der Waals surface area contributed by atoms with Gasteiger partial charge in [-0.05, 0) is 166 Å². The molecule has 3 amide bonds. The van der Waals surface area contributed by atoms with Crippen molar-refractivity contribution < 1.29 is 40.7 Å². The van der Waals surface area contributed by atoms with Gasteiger partial charge in [-0.3, -0.25) is 24.2 Å². The molecule has 0 radical (unpaired) electrons. The summed E-state index contributed by atoms with van der Waals surface area (Å²) in [4.78, 5) is 61.6. The van der Waals surface area contributed by atoms with Crippen molar-refractivity contribution in [2.75, 3.05) is 43.4 Å². The molecule has 6 aromatic heterocycles. The number of hydrogen-bond donors (Lipinski definition) is 5. The molecule has 2 aliphatic heterocycles. The number of carbonyl (C=O) groups excluding carboxylic acids is 3. The largest absolute Gasteiger partial charge is 0.393 e. The molecule has 6 saturated carbocycles. The molecule has 4 bridgehead atoms. The average Bonchev–Trinajstić information content (AvgIpc) is 0.707. The maximum Gasteiger partial charge on any atom is 0.393 e. The standard InChI is InChI=1S/C70H77F6N15O3S2/c1-41-44(33-88-20-10-46(11-21-88)82-61-54-26-50(28-69(71,72)73)95-63(54)81-39-80-61)4-6-56-52(41)24-48(30-77)90(56)37-65-14-17-67(18-15-65,19-16-65)86-59(93)9-8-58-84-62(55-27-51(29-70(74,75)76)96-64(55)85-58)83-47-12-22-89(23-13-47)34-45-5-7-57-53(42(45)2)25-49(31-78)91(57)38-66-35-68(36-66,43(66)3)87-60(94)32-79-40-92/h4-7,24-27,39-40,43,46-47H,8-23,28-29,32-38H2,1-3H3,(H,79,92)(H,86,93)(H,87,94)(H,80,81,82)(H,83,84,85)/t43-,65?,66?,67?,68?/m0/s1. The van der Waals surface area contributed by atoms with E-state index in [0.29, 0.717) is 75.3 Å². The molecule has 504 valence electrons. The van der Waals surface area contributed by atoms with E-state index in [0.717, 1.165) is 165 Å². The first-order valence-electron chi connectivity index (χ1n) is 33.4. The molecule has 0 spiro atoms. The van der Waals surface area contributed by atoms with Crippen molar-refractivity contribution in [3.8, 4) is 12.1 Å². The van der Waals surface area contributed by atoms with Gasteiger partial charge in [-0.2, -0.15) is 36.9 Å². The van der Waals surface area contributed by atoms with Crippen LogP contribution in [0, 0.1) is 53.3 Å². The summed E-state index contributed by atoms with van der Waals surface area (Å²) in [5.41, 5.74) is 7.20. The number of thiophene rings is 2. The third-order valence-corrected chi connectivity index (χ3v) is 24.7. The second kappa shape index (κ2) is 25.2. The smallest absolute Gasteiger partial charge is 0.367 e. The highest BCUT2D eigenvalue weighted by Gasteiger charge is 2.74. The minimum absolute atomic E-state index is 0.00644. The normalized spacial score (nSPS) is 24.0. The van der Waals surface area contributed by atoms with Gasteiger partial charge in [-0.15, -0.1) is 22.7 Å². The third kappa shape index (κ3) is 12.9. The van der Waals surface area contributed by atoms with E-state index in [1.807, 2.05) is 12.1 Å². The lowest BCUT2D eigenvalue weighted by Gasteiger charge is -2.76. The van der Waals surface area contributed by atoms with Gasteiger partial charge in [0, 0.05) is 120 Å². The maximum atomic E-state index is 14.0. The summed E-state index contributed by atoms with van der Waals surface area (Å²) in [6, 6.07) is 20.7. The number of nitrogens with one attached hydrogen (secondary N) is 5. The number of halogens is 6. The highest BCUT2D eigenvalue weighted by atomic mass is 32.1. The van der Waals surface area contributed by atoms with Gasteiger partial charge in [0.05, 0.1) is 30.2 Å². The highest BCUT2D eigenvalue weighted by molar-refractivity contribution is 7.19. The number of aromatic nitrogens is 6. The van der Waals surface area contributed by atoms with Crippen LogP contribution >= 0.6 is 22.7 Å². The van der Waals surface area contributed by atoms with E-state index in [1.165, 1.54) is 17.5 Å². The summed E-state index contributed by atoms with van der Waals surface area (Å²) >= 11 is 2.05.